The van der Waals surface area contributed by atoms with E-state index in [-0.39, 0.29) is 0 Å². The summed E-state index contributed by atoms with van der Waals surface area (Å²) >= 11 is 3.60. The first kappa shape index (κ1) is 13.4. The number of aromatic nitrogens is 2. The molecule has 2 aromatic rings. The van der Waals surface area contributed by atoms with Crippen LogP contribution in [0.25, 0.3) is 11.4 Å². The lowest BCUT2D eigenvalue weighted by Crippen LogP contribution is -2.02. The van der Waals surface area contributed by atoms with Crippen LogP contribution in [-0.2, 0) is 0 Å². The number of nitrogens with one attached hydrogen (secondary N) is 1. The summed E-state index contributed by atoms with van der Waals surface area (Å²) in [6, 6.07) is 7.82. The number of methoxy groups -OCH3 is 1. The molecule has 0 saturated heterocycles. The van der Waals surface area contributed by atoms with E-state index in [0.717, 1.165) is 33.1 Å². The smallest absolute Gasteiger partial charge is 0.161 e. The van der Waals surface area contributed by atoms with Crippen LogP contribution in [-0.4, -0.2) is 24.1 Å². The van der Waals surface area contributed by atoms with E-state index in [0.29, 0.717) is 5.92 Å². The average molecular weight is 334 g/mol. The number of nitrogens with zero attached hydrogens (tertiary/aromatic N) is 2. The van der Waals surface area contributed by atoms with Gasteiger partial charge in [-0.05, 0) is 53.0 Å². The summed E-state index contributed by atoms with van der Waals surface area (Å²) in [6.45, 7) is 0. The normalized spacial score (nSPS) is 14.2. The van der Waals surface area contributed by atoms with Crippen molar-refractivity contribution in [3.8, 4) is 17.1 Å². The van der Waals surface area contributed by atoms with E-state index < -0.39 is 0 Å². The Morgan fingerprint density at radius 2 is 1.90 bits per heavy atom. The Labute approximate surface area is 126 Å². The zero-order valence-electron chi connectivity index (χ0n) is 11.5. The third kappa shape index (κ3) is 2.50. The lowest BCUT2D eigenvalue weighted by Gasteiger charge is -2.11. The first-order chi connectivity index (χ1) is 9.72. The molecule has 0 amide bonds. The molecule has 4 nitrogen and oxygen atoms in total. The predicted octanol–water partition coefficient (Wildman–Crippen LogP) is 3.83. The monoisotopic (exact) mass is 333 g/mol. The van der Waals surface area contributed by atoms with Crippen LogP contribution < -0.4 is 10.1 Å². The average Bonchev–Trinajstić information content (AvgIpc) is 3.32. The van der Waals surface area contributed by atoms with Crippen molar-refractivity contribution in [3.05, 3.63) is 34.4 Å². The number of hydrogen-bond acceptors (Lipinski definition) is 4. The molecule has 1 aromatic heterocycles. The van der Waals surface area contributed by atoms with Gasteiger partial charge in [0.05, 0.1) is 17.3 Å². The number of hydrogen-bond donors (Lipinski definition) is 1. The van der Waals surface area contributed by atoms with Crippen LogP contribution in [0.1, 0.15) is 24.5 Å². The minimum atomic E-state index is 0.566. The van der Waals surface area contributed by atoms with Gasteiger partial charge in [0.1, 0.15) is 11.6 Å². The fraction of sp³-hybridized carbons (Fsp3) is 0.333. The minimum absolute atomic E-state index is 0.566. The van der Waals surface area contributed by atoms with E-state index in [2.05, 4.69) is 26.2 Å². The lowest BCUT2D eigenvalue weighted by molar-refractivity contribution is 0.415. The zero-order chi connectivity index (χ0) is 14.1. The van der Waals surface area contributed by atoms with Crippen LogP contribution in [0.3, 0.4) is 0 Å². The molecule has 1 saturated carbocycles. The number of ether oxygens (including phenoxy) is 1. The molecule has 20 heavy (non-hydrogen) atoms. The molecule has 0 spiro atoms. The predicted molar refractivity (Wildman–Crippen MR) is 83.2 cm³/mol. The Kier molecular flexibility index (Phi) is 3.61. The van der Waals surface area contributed by atoms with Crippen LogP contribution in [0.5, 0.6) is 5.75 Å². The van der Waals surface area contributed by atoms with Gasteiger partial charge in [-0.2, -0.15) is 0 Å². The summed E-state index contributed by atoms with van der Waals surface area (Å²) in [5.41, 5.74) is 2.10. The van der Waals surface area contributed by atoms with Gasteiger partial charge in [-0.1, -0.05) is 0 Å². The van der Waals surface area contributed by atoms with Gasteiger partial charge in [-0.15, -0.1) is 0 Å². The fourth-order valence-electron chi connectivity index (χ4n) is 2.13. The highest BCUT2D eigenvalue weighted by molar-refractivity contribution is 9.10. The Bertz CT molecular complexity index is 624. The molecule has 0 aliphatic heterocycles. The minimum Gasteiger partial charge on any atom is -0.497 e. The number of anilines is 1. The maximum Gasteiger partial charge on any atom is 0.161 e. The lowest BCUT2D eigenvalue weighted by atomic mass is 10.2. The van der Waals surface area contributed by atoms with E-state index in [4.69, 9.17) is 9.72 Å². The molecule has 1 heterocycles. The van der Waals surface area contributed by atoms with Crippen molar-refractivity contribution in [1.29, 1.82) is 0 Å². The summed E-state index contributed by atoms with van der Waals surface area (Å²) in [7, 11) is 3.54. The quantitative estimate of drug-likeness (QED) is 0.923. The largest absolute Gasteiger partial charge is 0.497 e. The Balaban J connectivity index is 2.05. The first-order valence-electron chi connectivity index (χ1n) is 6.62. The van der Waals surface area contributed by atoms with E-state index in [1.54, 1.807) is 7.11 Å². The molecule has 1 aromatic carbocycles. The fourth-order valence-corrected chi connectivity index (χ4v) is 2.83. The molecule has 0 unspecified atom stereocenters. The highest BCUT2D eigenvalue weighted by Crippen LogP contribution is 2.44. The van der Waals surface area contributed by atoms with E-state index in [1.807, 2.05) is 31.3 Å². The van der Waals surface area contributed by atoms with Crippen molar-refractivity contribution in [3.63, 3.8) is 0 Å². The second kappa shape index (κ2) is 5.40. The van der Waals surface area contributed by atoms with Gasteiger partial charge >= 0.3 is 0 Å². The molecular formula is C15H16BrN3O. The summed E-state index contributed by atoms with van der Waals surface area (Å²) < 4.78 is 6.17. The standard InChI is InChI=1S/C15H16BrN3O/c1-17-15-12(16)13(9-3-4-9)18-14(19-15)10-5-7-11(20-2)8-6-10/h5-9H,3-4H2,1-2H3,(H,17,18,19). The highest BCUT2D eigenvalue weighted by atomic mass is 79.9. The summed E-state index contributed by atoms with van der Waals surface area (Å²) in [5.74, 6) is 2.99. The van der Waals surface area contributed by atoms with Crippen molar-refractivity contribution >= 4 is 21.7 Å². The maximum atomic E-state index is 5.18. The number of benzene rings is 1. The topological polar surface area (TPSA) is 47.0 Å². The first-order valence-corrected chi connectivity index (χ1v) is 7.42. The van der Waals surface area contributed by atoms with Crippen molar-refractivity contribution in [2.75, 3.05) is 19.5 Å². The molecule has 1 N–H and O–H groups in total. The molecule has 0 radical (unpaired) electrons. The third-order valence-electron chi connectivity index (χ3n) is 3.43. The molecule has 3 rings (SSSR count). The van der Waals surface area contributed by atoms with Gasteiger partial charge in [-0.3, -0.25) is 0 Å². The van der Waals surface area contributed by atoms with Crippen molar-refractivity contribution in [2.24, 2.45) is 0 Å². The second-order valence-electron chi connectivity index (χ2n) is 4.85. The van der Waals surface area contributed by atoms with Crippen LogP contribution >= 0.6 is 15.9 Å². The Morgan fingerprint density at radius 3 is 2.45 bits per heavy atom. The number of halogens is 1. The number of rotatable bonds is 4. The summed E-state index contributed by atoms with van der Waals surface area (Å²) in [4.78, 5) is 9.31. The van der Waals surface area contributed by atoms with Crippen LogP contribution in [0.4, 0.5) is 5.82 Å². The van der Waals surface area contributed by atoms with Crippen LogP contribution in [0, 0.1) is 0 Å². The molecule has 0 bridgehead atoms. The highest BCUT2D eigenvalue weighted by Gasteiger charge is 2.29. The zero-order valence-corrected chi connectivity index (χ0v) is 13.1. The van der Waals surface area contributed by atoms with E-state index >= 15 is 0 Å². The molecule has 5 heteroatoms. The van der Waals surface area contributed by atoms with Gasteiger partial charge < -0.3 is 10.1 Å². The molecule has 104 valence electrons. The molecule has 1 fully saturated rings. The molecular weight excluding hydrogens is 318 g/mol. The van der Waals surface area contributed by atoms with Gasteiger partial charge in [0.15, 0.2) is 5.82 Å². The summed E-state index contributed by atoms with van der Waals surface area (Å²) in [5, 5.41) is 3.13. The van der Waals surface area contributed by atoms with Crippen molar-refractivity contribution in [2.45, 2.75) is 18.8 Å². The maximum absolute atomic E-state index is 5.18. The second-order valence-corrected chi connectivity index (χ2v) is 5.64. The van der Waals surface area contributed by atoms with E-state index in [1.165, 1.54) is 12.8 Å². The van der Waals surface area contributed by atoms with Crippen molar-refractivity contribution in [1.82, 2.24) is 9.97 Å². The molecule has 1 aliphatic rings. The van der Waals surface area contributed by atoms with Crippen LogP contribution in [0.2, 0.25) is 0 Å². The SMILES string of the molecule is CNc1nc(-c2ccc(OC)cc2)nc(C2CC2)c1Br. The molecule has 1 aliphatic carbocycles. The van der Waals surface area contributed by atoms with Crippen LogP contribution in [0.15, 0.2) is 28.7 Å². The Hall–Kier alpha value is -1.62. The van der Waals surface area contributed by atoms with Gasteiger partial charge in [-0.25, -0.2) is 9.97 Å². The molecule has 0 atom stereocenters. The van der Waals surface area contributed by atoms with E-state index in [9.17, 15) is 0 Å². The summed E-state index contributed by atoms with van der Waals surface area (Å²) in [6.07, 6.45) is 2.42. The van der Waals surface area contributed by atoms with Gasteiger partial charge in [0.25, 0.3) is 0 Å². The van der Waals surface area contributed by atoms with Gasteiger partial charge in [0.2, 0.25) is 0 Å². The van der Waals surface area contributed by atoms with Gasteiger partial charge in [0, 0.05) is 18.5 Å². The Morgan fingerprint density at radius 1 is 1.20 bits per heavy atom. The van der Waals surface area contributed by atoms with Crippen molar-refractivity contribution < 1.29 is 4.74 Å². The third-order valence-corrected chi connectivity index (χ3v) is 4.21.